The summed E-state index contributed by atoms with van der Waals surface area (Å²) in [7, 11) is 0. The molecule has 32 heavy (non-hydrogen) atoms. The molecule has 0 aromatic heterocycles. The first kappa shape index (κ1) is 22.6. The van der Waals surface area contributed by atoms with Gasteiger partial charge in [0.2, 0.25) is 0 Å². The summed E-state index contributed by atoms with van der Waals surface area (Å²) < 4.78 is 11.9. The van der Waals surface area contributed by atoms with Crippen LogP contribution in [0.2, 0.25) is 0 Å². The van der Waals surface area contributed by atoms with Crippen LogP contribution in [-0.2, 0) is 0 Å². The van der Waals surface area contributed by atoms with Crippen LogP contribution in [0, 0.1) is 10.1 Å². The summed E-state index contributed by atoms with van der Waals surface area (Å²) in [5, 5.41) is 10.8. The minimum absolute atomic E-state index is 0.0509. The number of rotatable bonds is 9. The smallest absolute Gasteiger partial charge is 0.269 e. The fraction of sp³-hybridized carbons (Fsp3) is 0.520. The first-order valence-electron chi connectivity index (χ1n) is 11.8. The Balaban J connectivity index is 1.35. The van der Waals surface area contributed by atoms with Crippen LogP contribution in [0.15, 0.2) is 42.5 Å². The predicted molar refractivity (Wildman–Crippen MR) is 125 cm³/mol. The van der Waals surface area contributed by atoms with Gasteiger partial charge in [0, 0.05) is 62.4 Å². The van der Waals surface area contributed by atoms with Crippen molar-refractivity contribution >= 4 is 5.69 Å². The summed E-state index contributed by atoms with van der Waals surface area (Å²) in [5.74, 6) is 2.12. The summed E-state index contributed by atoms with van der Waals surface area (Å²) in [4.78, 5) is 15.6. The normalized spacial score (nSPS) is 19.2. The number of hydrogen-bond donors (Lipinski definition) is 0. The Bertz CT molecular complexity index is 895. The average Bonchev–Trinajstić information content (AvgIpc) is 2.82. The van der Waals surface area contributed by atoms with Gasteiger partial charge in [-0.25, -0.2) is 0 Å². The topological polar surface area (TPSA) is 68.1 Å². The Morgan fingerprint density at radius 2 is 1.78 bits per heavy atom. The number of ether oxygens (including phenoxy) is 2. The molecule has 2 heterocycles. The highest BCUT2D eigenvalue weighted by atomic mass is 16.6. The Labute approximate surface area is 190 Å². The van der Waals surface area contributed by atoms with E-state index >= 15 is 0 Å². The minimum atomic E-state index is -0.414. The van der Waals surface area contributed by atoms with Gasteiger partial charge in [-0.1, -0.05) is 32.3 Å². The lowest BCUT2D eigenvalue weighted by Crippen LogP contribution is -2.48. The lowest BCUT2D eigenvalue weighted by molar-refractivity contribution is -0.384. The lowest BCUT2D eigenvalue weighted by Gasteiger charge is -2.41. The molecule has 0 saturated carbocycles. The van der Waals surface area contributed by atoms with Gasteiger partial charge in [0.25, 0.3) is 5.69 Å². The molecule has 7 heteroatoms. The molecule has 4 rings (SSSR count). The second-order valence-corrected chi connectivity index (χ2v) is 8.64. The Morgan fingerprint density at radius 1 is 1.03 bits per heavy atom. The molecule has 1 unspecified atom stereocenters. The van der Waals surface area contributed by atoms with Gasteiger partial charge >= 0.3 is 0 Å². The zero-order chi connectivity index (χ0) is 22.3. The molecule has 7 nitrogen and oxygen atoms in total. The maximum absolute atomic E-state index is 10.8. The number of nitro benzene ring substituents is 1. The lowest BCUT2D eigenvalue weighted by atomic mass is 9.98. The Kier molecular flexibility index (Phi) is 7.60. The molecule has 0 amide bonds. The number of nitrogens with zero attached hydrogens (tertiary/aromatic N) is 3. The van der Waals surface area contributed by atoms with Crippen molar-refractivity contribution in [1.82, 2.24) is 9.80 Å². The van der Waals surface area contributed by atoms with E-state index in [-0.39, 0.29) is 5.69 Å². The quantitative estimate of drug-likeness (QED) is 0.296. The largest absolute Gasteiger partial charge is 0.493 e. The third-order valence-electron chi connectivity index (χ3n) is 6.45. The fourth-order valence-corrected chi connectivity index (χ4v) is 4.63. The van der Waals surface area contributed by atoms with Crippen molar-refractivity contribution in [3.05, 3.63) is 58.1 Å². The molecule has 1 fully saturated rings. The number of nitro groups is 1. The van der Waals surface area contributed by atoms with Gasteiger partial charge in [-0.2, -0.15) is 0 Å². The summed E-state index contributed by atoms with van der Waals surface area (Å²) in [5.41, 5.74) is 1.28. The monoisotopic (exact) mass is 439 g/mol. The summed E-state index contributed by atoms with van der Waals surface area (Å²) in [6.45, 7) is 8.66. The second-order valence-electron chi connectivity index (χ2n) is 8.64. The van der Waals surface area contributed by atoms with Crippen molar-refractivity contribution in [2.24, 2.45) is 0 Å². The Hall–Kier alpha value is -2.64. The molecule has 1 saturated heterocycles. The number of hydrogen-bond acceptors (Lipinski definition) is 6. The number of unbranched alkanes of at least 4 members (excludes halogenated alkanes) is 3. The molecule has 0 aliphatic carbocycles. The molecular formula is C25H33N3O4. The van der Waals surface area contributed by atoms with Crippen LogP contribution in [0.5, 0.6) is 17.2 Å². The van der Waals surface area contributed by atoms with E-state index in [1.54, 1.807) is 12.1 Å². The van der Waals surface area contributed by atoms with E-state index in [1.165, 1.54) is 49.9 Å². The average molecular weight is 440 g/mol. The standard InChI is InChI=1S/C25H33N3O4/c1-2-3-4-5-13-26-14-16-27(17-15-26)24-12-18-31-25-19-22(10-11-23(24)25)32-21-8-6-20(7-9-21)28(29)30/h6-11,19,24H,2-5,12-18H2,1H3. The molecule has 0 N–H and O–H groups in total. The highest BCUT2D eigenvalue weighted by Gasteiger charge is 2.29. The second kappa shape index (κ2) is 10.8. The van der Waals surface area contributed by atoms with Gasteiger partial charge in [-0.3, -0.25) is 15.0 Å². The number of benzene rings is 2. The summed E-state index contributed by atoms with van der Waals surface area (Å²) in [6, 6.07) is 12.5. The molecule has 0 spiro atoms. The van der Waals surface area contributed by atoms with Crippen LogP contribution in [0.1, 0.15) is 50.6 Å². The molecule has 1 atom stereocenters. The third kappa shape index (κ3) is 5.58. The van der Waals surface area contributed by atoms with Crippen LogP contribution in [0.4, 0.5) is 5.69 Å². The maximum Gasteiger partial charge on any atom is 0.269 e. The van der Waals surface area contributed by atoms with Crippen molar-refractivity contribution in [2.75, 3.05) is 39.3 Å². The molecule has 2 aromatic rings. The van der Waals surface area contributed by atoms with Crippen molar-refractivity contribution in [1.29, 1.82) is 0 Å². The van der Waals surface area contributed by atoms with Crippen molar-refractivity contribution in [3.63, 3.8) is 0 Å². The predicted octanol–water partition coefficient (Wildman–Crippen LogP) is 5.41. The molecule has 172 valence electrons. The van der Waals surface area contributed by atoms with Crippen LogP contribution < -0.4 is 9.47 Å². The number of piperazine rings is 1. The number of non-ortho nitro benzene ring substituents is 1. The number of fused-ring (bicyclic) bond motifs is 1. The zero-order valence-corrected chi connectivity index (χ0v) is 18.9. The van der Waals surface area contributed by atoms with E-state index in [4.69, 9.17) is 9.47 Å². The van der Waals surface area contributed by atoms with Crippen molar-refractivity contribution in [2.45, 2.75) is 45.1 Å². The van der Waals surface area contributed by atoms with Gasteiger partial charge in [0.05, 0.1) is 11.5 Å². The van der Waals surface area contributed by atoms with Gasteiger partial charge < -0.3 is 14.4 Å². The Morgan fingerprint density at radius 3 is 2.50 bits per heavy atom. The van der Waals surface area contributed by atoms with Gasteiger partial charge in [0.15, 0.2) is 0 Å². The summed E-state index contributed by atoms with van der Waals surface area (Å²) >= 11 is 0. The maximum atomic E-state index is 10.8. The van der Waals surface area contributed by atoms with Gasteiger partial charge in [-0.15, -0.1) is 0 Å². The van der Waals surface area contributed by atoms with Crippen LogP contribution >= 0.6 is 0 Å². The van der Waals surface area contributed by atoms with Crippen LogP contribution in [0.3, 0.4) is 0 Å². The van der Waals surface area contributed by atoms with Gasteiger partial charge in [-0.05, 0) is 31.2 Å². The van der Waals surface area contributed by atoms with E-state index in [0.717, 1.165) is 38.3 Å². The fourth-order valence-electron chi connectivity index (χ4n) is 4.63. The van der Waals surface area contributed by atoms with E-state index in [0.29, 0.717) is 24.1 Å². The zero-order valence-electron chi connectivity index (χ0n) is 18.9. The van der Waals surface area contributed by atoms with Crippen molar-refractivity contribution in [3.8, 4) is 17.2 Å². The van der Waals surface area contributed by atoms with E-state index < -0.39 is 4.92 Å². The SMILES string of the molecule is CCCCCCN1CCN(C2CCOc3cc(Oc4ccc([N+](=O)[O-])cc4)ccc32)CC1. The van der Waals surface area contributed by atoms with Crippen LogP contribution in [-0.4, -0.2) is 54.1 Å². The molecular weight excluding hydrogens is 406 g/mol. The highest BCUT2D eigenvalue weighted by Crippen LogP contribution is 2.39. The van der Waals surface area contributed by atoms with E-state index in [9.17, 15) is 10.1 Å². The molecule has 2 aliphatic heterocycles. The van der Waals surface area contributed by atoms with E-state index in [2.05, 4.69) is 22.8 Å². The van der Waals surface area contributed by atoms with E-state index in [1.807, 2.05) is 12.1 Å². The molecule has 0 radical (unpaired) electrons. The highest BCUT2D eigenvalue weighted by molar-refractivity contribution is 5.46. The van der Waals surface area contributed by atoms with Crippen molar-refractivity contribution < 1.29 is 14.4 Å². The first-order valence-corrected chi connectivity index (χ1v) is 11.8. The molecule has 2 aliphatic rings. The molecule has 2 aromatic carbocycles. The first-order chi connectivity index (χ1) is 15.6. The van der Waals surface area contributed by atoms with Gasteiger partial charge in [0.1, 0.15) is 17.2 Å². The molecule has 0 bridgehead atoms. The summed E-state index contributed by atoms with van der Waals surface area (Å²) in [6.07, 6.45) is 6.29. The third-order valence-corrected chi connectivity index (χ3v) is 6.45. The van der Waals surface area contributed by atoms with Crippen LogP contribution in [0.25, 0.3) is 0 Å². The minimum Gasteiger partial charge on any atom is -0.493 e.